The first-order valence-corrected chi connectivity index (χ1v) is 7.28. The van der Waals surface area contributed by atoms with Crippen molar-refractivity contribution < 1.29 is 17.9 Å². The Bertz CT molecular complexity index is 439. The second-order valence-corrected chi connectivity index (χ2v) is 5.72. The Morgan fingerprint density at radius 1 is 1.19 bits per heavy atom. The minimum atomic E-state index is -2.53. The van der Waals surface area contributed by atoms with E-state index in [1.807, 2.05) is 29.2 Å². The van der Waals surface area contributed by atoms with Gasteiger partial charge in [-0.2, -0.15) is 0 Å². The van der Waals surface area contributed by atoms with Gasteiger partial charge in [0.15, 0.2) is 0 Å². The monoisotopic (exact) mass is 301 g/mol. The molecule has 0 bridgehead atoms. The number of anilines is 1. The molecule has 0 spiro atoms. The highest BCUT2D eigenvalue weighted by Crippen LogP contribution is 2.32. The molecular formula is C16H22F3NO. The molecule has 2 atom stereocenters. The molecule has 1 unspecified atom stereocenters. The third kappa shape index (κ3) is 3.90. The predicted octanol–water partition coefficient (Wildman–Crippen LogP) is 4.22. The van der Waals surface area contributed by atoms with Crippen molar-refractivity contribution in [1.29, 1.82) is 0 Å². The van der Waals surface area contributed by atoms with Gasteiger partial charge in [0, 0.05) is 44.6 Å². The lowest BCUT2D eigenvalue weighted by molar-refractivity contribution is -0.0220. The molecular weight excluding hydrogens is 279 g/mol. The van der Waals surface area contributed by atoms with Crippen molar-refractivity contribution in [3.8, 4) is 0 Å². The summed E-state index contributed by atoms with van der Waals surface area (Å²) < 4.78 is 44.5. The summed E-state index contributed by atoms with van der Waals surface area (Å²) in [7, 11) is 1.57. The van der Waals surface area contributed by atoms with E-state index in [2.05, 4.69) is 0 Å². The van der Waals surface area contributed by atoms with Gasteiger partial charge in [0.25, 0.3) is 5.92 Å². The van der Waals surface area contributed by atoms with Crippen LogP contribution in [0.1, 0.15) is 31.4 Å². The van der Waals surface area contributed by atoms with Crippen molar-refractivity contribution in [2.45, 2.75) is 31.8 Å². The van der Waals surface area contributed by atoms with Gasteiger partial charge in [-0.25, -0.2) is 8.78 Å². The maximum Gasteiger partial charge on any atom is 0.251 e. The van der Waals surface area contributed by atoms with Gasteiger partial charge in [-0.3, -0.25) is 4.39 Å². The van der Waals surface area contributed by atoms with E-state index in [1.54, 1.807) is 14.0 Å². The molecule has 0 saturated carbocycles. The van der Waals surface area contributed by atoms with Gasteiger partial charge in [0.2, 0.25) is 0 Å². The van der Waals surface area contributed by atoms with Crippen LogP contribution in [0.2, 0.25) is 0 Å². The van der Waals surface area contributed by atoms with E-state index < -0.39 is 12.6 Å². The van der Waals surface area contributed by atoms with Crippen molar-refractivity contribution in [2.75, 3.05) is 31.8 Å². The molecule has 1 heterocycles. The molecule has 2 rings (SSSR count). The van der Waals surface area contributed by atoms with Crippen molar-refractivity contribution in [1.82, 2.24) is 0 Å². The number of benzene rings is 1. The first kappa shape index (κ1) is 16.1. The Morgan fingerprint density at radius 3 is 2.24 bits per heavy atom. The highest BCUT2D eigenvalue weighted by atomic mass is 19.3. The smallest absolute Gasteiger partial charge is 0.251 e. The summed E-state index contributed by atoms with van der Waals surface area (Å²) in [5.74, 6) is -2.75. The standard InChI is InChI=1S/C16H22F3NO/c1-12(11-17)15(21-2)13-3-5-14(6-4-13)20-9-7-16(18,19)8-10-20/h3-6,12,15H,7-11H2,1-2H3/t12?,15-/m0/s1. The zero-order valence-electron chi connectivity index (χ0n) is 12.5. The number of rotatable bonds is 5. The van der Waals surface area contributed by atoms with E-state index in [1.165, 1.54) is 0 Å². The quantitative estimate of drug-likeness (QED) is 0.807. The van der Waals surface area contributed by atoms with Gasteiger partial charge in [0.05, 0.1) is 12.8 Å². The topological polar surface area (TPSA) is 12.5 Å². The molecule has 1 aliphatic rings. The fraction of sp³-hybridized carbons (Fsp3) is 0.625. The van der Waals surface area contributed by atoms with Crippen LogP contribution in [0.4, 0.5) is 18.9 Å². The lowest BCUT2D eigenvalue weighted by Gasteiger charge is -2.33. The van der Waals surface area contributed by atoms with Crippen molar-refractivity contribution in [2.24, 2.45) is 5.92 Å². The molecule has 2 nitrogen and oxygen atoms in total. The highest BCUT2D eigenvalue weighted by Gasteiger charge is 2.34. The number of nitrogens with zero attached hydrogens (tertiary/aromatic N) is 1. The molecule has 1 saturated heterocycles. The first-order chi connectivity index (χ1) is 9.96. The SMILES string of the molecule is CO[C@H](c1ccc(N2CCC(F)(F)CC2)cc1)C(C)CF. The first-order valence-electron chi connectivity index (χ1n) is 7.28. The minimum absolute atomic E-state index is 0.103. The van der Waals surface area contributed by atoms with Crippen molar-refractivity contribution in [3.05, 3.63) is 29.8 Å². The maximum absolute atomic E-state index is 13.2. The number of alkyl halides is 3. The second-order valence-electron chi connectivity index (χ2n) is 5.72. The summed E-state index contributed by atoms with van der Waals surface area (Å²) in [5, 5.41) is 0. The molecule has 1 aromatic carbocycles. The third-order valence-electron chi connectivity index (χ3n) is 4.10. The summed E-state index contributed by atoms with van der Waals surface area (Å²) in [4.78, 5) is 1.96. The Morgan fingerprint density at radius 2 is 1.76 bits per heavy atom. The number of hydrogen-bond donors (Lipinski definition) is 0. The van der Waals surface area contributed by atoms with Crippen LogP contribution in [-0.2, 0) is 4.74 Å². The summed E-state index contributed by atoms with van der Waals surface area (Å²) in [6.45, 7) is 2.08. The van der Waals surface area contributed by atoms with Gasteiger partial charge in [-0.1, -0.05) is 19.1 Å². The van der Waals surface area contributed by atoms with Crippen LogP contribution in [0, 0.1) is 5.92 Å². The molecule has 1 aromatic rings. The largest absolute Gasteiger partial charge is 0.376 e. The third-order valence-corrected chi connectivity index (χ3v) is 4.10. The molecule has 1 aliphatic heterocycles. The van der Waals surface area contributed by atoms with Gasteiger partial charge in [0.1, 0.15) is 0 Å². The van der Waals surface area contributed by atoms with Gasteiger partial charge in [-0.05, 0) is 17.7 Å². The lowest BCUT2D eigenvalue weighted by Crippen LogP contribution is -2.39. The van der Waals surface area contributed by atoms with Crippen LogP contribution in [-0.4, -0.2) is 32.8 Å². The van der Waals surface area contributed by atoms with Gasteiger partial charge >= 0.3 is 0 Å². The van der Waals surface area contributed by atoms with Crippen molar-refractivity contribution in [3.63, 3.8) is 0 Å². The molecule has 1 fully saturated rings. The number of piperidine rings is 1. The molecule has 21 heavy (non-hydrogen) atoms. The predicted molar refractivity (Wildman–Crippen MR) is 77.7 cm³/mol. The second kappa shape index (κ2) is 6.69. The van der Waals surface area contributed by atoms with E-state index in [4.69, 9.17) is 4.74 Å². The highest BCUT2D eigenvalue weighted by molar-refractivity contribution is 5.48. The Kier molecular flexibility index (Phi) is 5.14. The number of hydrogen-bond acceptors (Lipinski definition) is 2. The van der Waals surface area contributed by atoms with Crippen LogP contribution < -0.4 is 4.90 Å². The Balaban J connectivity index is 2.05. The molecule has 118 valence electrons. The van der Waals surface area contributed by atoms with Crippen LogP contribution >= 0.6 is 0 Å². The fourth-order valence-electron chi connectivity index (χ4n) is 2.74. The summed E-state index contributed by atoms with van der Waals surface area (Å²) in [6.07, 6.45) is -0.488. The van der Waals surface area contributed by atoms with E-state index >= 15 is 0 Å². The molecule has 0 N–H and O–H groups in total. The van der Waals surface area contributed by atoms with Gasteiger partial charge in [-0.15, -0.1) is 0 Å². The van der Waals surface area contributed by atoms with E-state index in [0.717, 1.165) is 11.3 Å². The lowest BCUT2D eigenvalue weighted by atomic mass is 9.97. The minimum Gasteiger partial charge on any atom is -0.376 e. The summed E-state index contributed by atoms with van der Waals surface area (Å²) in [5.41, 5.74) is 1.84. The average Bonchev–Trinajstić information content (AvgIpc) is 2.48. The molecule has 0 aliphatic carbocycles. The molecule has 0 amide bonds. The van der Waals surface area contributed by atoms with Crippen LogP contribution in [0.15, 0.2) is 24.3 Å². The zero-order valence-corrected chi connectivity index (χ0v) is 12.5. The fourth-order valence-corrected chi connectivity index (χ4v) is 2.74. The number of ether oxygens (including phenoxy) is 1. The Labute approximate surface area is 123 Å². The van der Waals surface area contributed by atoms with Gasteiger partial charge < -0.3 is 9.64 Å². The van der Waals surface area contributed by atoms with Crippen LogP contribution in [0.25, 0.3) is 0 Å². The number of halogens is 3. The Hall–Kier alpha value is -1.23. The van der Waals surface area contributed by atoms with Crippen molar-refractivity contribution >= 4 is 5.69 Å². The normalized spacial score (nSPS) is 21.1. The summed E-state index contributed by atoms with van der Waals surface area (Å²) in [6, 6.07) is 7.58. The molecule has 0 aromatic heterocycles. The average molecular weight is 301 g/mol. The molecule has 5 heteroatoms. The maximum atomic E-state index is 13.2. The van der Waals surface area contributed by atoms with E-state index in [0.29, 0.717) is 13.1 Å². The molecule has 0 radical (unpaired) electrons. The van der Waals surface area contributed by atoms with Crippen LogP contribution in [0.3, 0.4) is 0 Å². The summed E-state index contributed by atoms with van der Waals surface area (Å²) >= 11 is 0. The number of methoxy groups -OCH3 is 1. The zero-order chi connectivity index (χ0) is 15.5. The van der Waals surface area contributed by atoms with Crippen LogP contribution in [0.5, 0.6) is 0 Å². The van der Waals surface area contributed by atoms with E-state index in [-0.39, 0.29) is 24.9 Å². The van der Waals surface area contributed by atoms with E-state index in [9.17, 15) is 13.2 Å².